The van der Waals surface area contributed by atoms with E-state index >= 15 is 0 Å². The van der Waals surface area contributed by atoms with E-state index < -0.39 is 17.4 Å². The van der Waals surface area contributed by atoms with Gasteiger partial charge in [0.15, 0.2) is 17.2 Å². The van der Waals surface area contributed by atoms with Gasteiger partial charge in [-0.3, -0.25) is 9.59 Å². The highest BCUT2D eigenvalue weighted by molar-refractivity contribution is 7.16. The van der Waals surface area contributed by atoms with Crippen molar-refractivity contribution >= 4 is 45.1 Å². The van der Waals surface area contributed by atoms with Crippen LogP contribution < -0.4 is 29.8 Å². The molecule has 0 aliphatic carbocycles. The number of rotatable bonds is 10. The maximum atomic E-state index is 13.6. The summed E-state index contributed by atoms with van der Waals surface area (Å²) in [6.07, 6.45) is 2.87. The molecule has 11 nitrogen and oxygen atoms in total. The van der Waals surface area contributed by atoms with Gasteiger partial charge in [-0.15, -0.1) is 11.3 Å². The Morgan fingerprint density at radius 3 is 2.38 bits per heavy atom. The number of methoxy groups -OCH3 is 4. The summed E-state index contributed by atoms with van der Waals surface area (Å²) in [6, 6.07) is 10.1. The normalized spacial score (nSPS) is 10.9. The zero-order chi connectivity index (χ0) is 28.8. The van der Waals surface area contributed by atoms with Crippen LogP contribution in [-0.2, 0) is 9.53 Å². The molecule has 1 N–H and O–H groups in total. The van der Waals surface area contributed by atoms with Crippen LogP contribution in [0.2, 0.25) is 0 Å². The highest BCUT2D eigenvalue weighted by Gasteiger charge is 2.23. The van der Waals surface area contributed by atoms with E-state index in [0.717, 1.165) is 16.0 Å². The lowest BCUT2D eigenvalue weighted by atomic mass is 10.1. The highest BCUT2D eigenvalue weighted by atomic mass is 32.1. The number of carbonyl (C=O) groups is 2. The summed E-state index contributed by atoms with van der Waals surface area (Å²) in [5.41, 5.74) is 0.419. The smallest absolute Gasteiger partial charge is 0.359 e. The van der Waals surface area contributed by atoms with Crippen molar-refractivity contribution in [2.24, 2.45) is 0 Å². The first kappa shape index (κ1) is 28.2. The molecule has 40 heavy (non-hydrogen) atoms. The fraction of sp³-hybridized carbons (Fsp3) is 0.214. The van der Waals surface area contributed by atoms with Crippen molar-refractivity contribution < 1.29 is 33.3 Å². The summed E-state index contributed by atoms with van der Waals surface area (Å²) < 4.78 is 27.6. The molecular formula is C28H27N3O8S. The highest BCUT2D eigenvalue weighted by Crippen LogP contribution is 2.38. The first-order valence-electron chi connectivity index (χ1n) is 12.0. The number of fused-ring (bicyclic) bond motifs is 1. The van der Waals surface area contributed by atoms with E-state index in [-0.39, 0.29) is 28.1 Å². The molecule has 0 aliphatic rings. The maximum Gasteiger partial charge on any atom is 0.359 e. The van der Waals surface area contributed by atoms with Crippen LogP contribution in [-0.4, -0.2) is 56.7 Å². The third-order valence-corrected chi connectivity index (χ3v) is 6.67. The summed E-state index contributed by atoms with van der Waals surface area (Å²) in [7, 11) is 5.99. The Morgan fingerprint density at radius 2 is 1.75 bits per heavy atom. The van der Waals surface area contributed by atoms with Crippen molar-refractivity contribution in [3.63, 3.8) is 0 Å². The molecule has 12 heteroatoms. The van der Waals surface area contributed by atoms with E-state index in [2.05, 4.69) is 10.4 Å². The summed E-state index contributed by atoms with van der Waals surface area (Å²) in [5.74, 6) is 0.600. The second kappa shape index (κ2) is 12.3. The summed E-state index contributed by atoms with van der Waals surface area (Å²) >= 11 is 1.10. The van der Waals surface area contributed by atoms with E-state index in [0.29, 0.717) is 34.2 Å². The van der Waals surface area contributed by atoms with Crippen molar-refractivity contribution in [3.8, 4) is 28.7 Å². The standard InChI is InChI=1S/C28H27N3O8S/c1-6-39-28(34)24-19-15-40-26(23(19)27(33)31(30-24)17-8-7-9-18(14-17)35-2)29-22(32)11-10-16-12-20(36-3)25(38-5)21(13-16)37-4/h7-15H,6H2,1-5H3,(H,29,32)/b11-10+. The number of esters is 1. The molecule has 0 radical (unpaired) electrons. The van der Waals surface area contributed by atoms with Gasteiger partial charge in [0.1, 0.15) is 10.8 Å². The number of nitrogens with zero attached hydrogens (tertiary/aromatic N) is 2. The van der Waals surface area contributed by atoms with E-state index in [9.17, 15) is 14.4 Å². The monoisotopic (exact) mass is 565 g/mol. The number of carbonyl (C=O) groups excluding carboxylic acids is 2. The second-order valence-electron chi connectivity index (χ2n) is 8.12. The number of anilines is 1. The van der Waals surface area contributed by atoms with Gasteiger partial charge in [-0.05, 0) is 42.8 Å². The zero-order valence-corrected chi connectivity index (χ0v) is 23.3. The number of thiophene rings is 1. The van der Waals surface area contributed by atoms with Crippen molar-refractivity contribution in [3.05, 3.63) is 69.5 Å². The molecule has 0 saturated heterocycles. The number of hydrogen-bond donors (Lipinski definition) is 1. The number of ether oxygens (including phenoxy) is 5. The topological polar surface area (TPSA) is 127 Å². The van der Waals surface area contributed by atoms with Crippen LogP contribution in [0.1, 0.15) is 23.0 Å². The third kappa shape index (κ3) is 5.61. The molecule has 2 heterocycles. The predicted octanol–water partition coefficient (Wildman–Crippen LogP) is 4.31. The lowest BCUT2D eigenvalue weighted by Gasteiger charge is -2.12. The van der Waals surface area contributed by atoms with E-state index in [1.54, 1.807) is 54.8 Å². The minimum absolute atomic E-state index is 0.0519. The first-order valence-corrected chi connectivity index (χ1v) is 12.9. The second-order valence-corrected chi connectivity index (χ2v) is 9.00. The van der Waals surface area contributed by atoms with Gasteiger partial charge >= 0.3 is 5.97 Å². The van der Waals surface area contributed by atoms with Crippen LogP contribution in [0.15, 0.2) is 52.6 Å². The van der Waals surface area contributed by atoms with Crippen LogP contribution in [0.25, 0.3) is 22.5 Å². The Kier molecular flexibility index (Phi) is 8.70. The summed E-state index contributed by atoms with van der Waals surface area (Å²) in [6.45, 7) is 1.80. The molecule has 208 valence electrons. The molecule has 0 saturated carbocycles. The number of hydrogen-bond acceptors (Lipinski definition) is 10. The molecule has 4 rings (SSSR count). The number of aromatic nitrogens is 2. The average molecular weight is 566 g/mol. The van der Waals surface area contributed by atoms with Gasteiger partial charge in [-0.25, -0.2) is 4.79 Å². The molecule has 0 atom stereocenters. The van der Waals surface area contributed by atoms with Gasteiger partial charge in [-0.2, -0.15) is 9.78 Å². The molecule has 0 spiro atoms. The Labute approximate surface area is 233 Å². The Hall–Kier alpha value is -4.84. The SMILES string of the molecule is CCOC(=O)c1nn(-c2cccc(OC)c2)c(=O)c2c(NC(=O)/C=C/c3cc(OC)c(OC)c(OC)c3)scc12. The van der Waals surface area contributed by atoms with Gasteiger partial charge in [0.05, 0.1) is 46.1 Å². The minimum Gasteiger partial charge on any atom is -0.497 e. The van der Waals surface area contributed by atoms with E-state index in [1.807, 2.05) is 0 Å². The van der Waals surface area contributed by atoms with Gasteiger partial charge < -0.3 is 29.0 Å². The summed E-state index contributed by atoms with van der Waals surface area (Å²) in [5, 5.41) is 9.28. The molecule has 4 aromatic rings. The van der Waals surface area contributed by atoms with Gasteiger partial charge in [-0.1, -0.05) is 6.07 Å². The predicted molar refractivity (Wildman–Crippen MR) is 151 cm³/mol. The lowest BCUT2D eigenvalue weighted by molar-refractivity contribution is -0.111. The maximum absolute atomic E-state index is 13.6. The zero-order valence-electron chi connectivity index (χ0n) is 22.5. The average Bonchev–Trinajstić information content (AvgIpc) is 3.39. The van der Waals surface area contributed by atoms with Crippen LogP contribution in [0, 0.1) is 0 Å². The molecular weight excluding hydrogens is 538 g/mol. The molecule has 2 aromatic heterocycles. The molecule has 2 aromatic carbocycles. The molecule has 0 unspecified atom stereocenters. The van der Waals surface area contributed by atoms with E-state index in [4.69, 9.17) is 23.7 Å². The number of nitrogens with one attached hydrogen (secondary N) is 1. The first-order chi connectivity index (χ1) is 19.3. The molecule has 1 amide bonds. The third-order valence-electron chi connectivity index (χ3n) is 5.77. The van der Waals surface area contributed by atoms with Gasteiger partial charge in [0, 0.05) is 22.9 Å². The fourth-order valence-corrected chi connectivity index (χ4v) is 4.87. The van der Waals surface area contributed by atoms with Gasteiger partial charge in [0.2, 0.25) is 11.7 Å². The summed E-state index contributed by atoms with van der Waals surface area (Å²) in [4.78, 5) is 39.3. The molecule has 0 fully saturated rings. The van der Waals surface area contributed by atoms with Crippen LogP contribution in [0.4, 0.5) is 5.00 Å². The van der Waals surface area contributed by atoms with Crippen molar-refractivity contribution in [1.82, 2.24) is 9.78 Å². The quantitative estimate of drug-likeness (QED) is 0.221. The van der Waals surface area contributed by atoms with Crippen LogP contribution in [0.3, 0.4) is 0 Å². The minimum atomic E-state index is -0.692. The Balaban J connectivity index is 1.74. The molecule has 0 bridgehead atoms. The number of benzene rings is 2. The van der Waals surface area contributed by atoms with Crippen molar-refractivity contribution in [1.29, 1.82) is 0 Å². The van der Waals surface area contributed by atoms with E-state index in [1.165, 1.54) is 34.5 Å². The largest absolute Gasteiger partial charge is 0.497 e. The Bertz CT molecular complexity index is 1630. The van der Waals surface area contributed by atoms with Crippen LogP contribution >= 0.6 is 11.3 Å². The van der Waals surface area contributed by atoms with Crippen LogP contribution in [0.5, 0.6) is 23.0 Å². The lowest BCUT2D eigenvalue weighted by Crippen LogP contribution is -2.25. The fourth-order valence-electron chi connectivity index (χ4n) is 3.93. The molecule has 0 aliphatic heterocycles. The van der Waals surface area contributed by atoms with Crippen molar-refractivity contribution in [2.45, 2.75) is 6.92 Å². The van der Waals surface area contributed by atoms with Crippen molar-refractivity contribution in [2.75, 3.05) is 40.4 Å². The Morgan fingerprint density at radius 1 is 1.02 bits per heavy atom. The number of amides is 1. The van der Waals surface area contributed by atoms with Gasteiger partial charge in [0.25, 0.3) is 5.56 Å².